The van der Waals surface area contributed by atoms with Crippen molar-refractivity contribution in [3.05, 3.63) is 23.8 Å². The van der Waals surface area contributed by atoms with Crippen molar-refractivity contribution in [2.24, 2.45) is 0 Å². The van der Waals surface area contributed by atoms with Gasteiger partial charge in [-0.25, -0.2) is 0 Å². The molecule has 1 N–H and O–H groups in total. The second-order valence-electron chi connectivity index (χ2n) is 3.75. The maximum absolute atomic E-state index is 9.03. The molecule has 1 aliphatic heterocycles. The van der Waals surface area contributed by atoms with Gasteiger partial charge in [0, 0.05) is 5.75 Å². The first-order valence-corrected chi connectivity index (χ1v) is 6.51. The van der Waals surface area contributed by atoms with Crippen LogP contribution in [0.25, 0.3) is 0 Å². The van der Waals surface area contributed by atoms with Gasteiger partial charge in [0.1, 0.15) is 6.10 Å². The Morgan fingerprint density at radius 1 is 1.44 bits per heavy atom. The smallest absolute Gasteiger partial charge is 0.161 e. The van der Waals surface area contributed by atoms with Gasteiger partial charge >= 0.3 is 0 Å². The largest absolute Gasteiger partial charge is 0.493 e. The van der Waals surface area contributed by atoms with Crippen molar-refractivity contribution in [1.82, 2.24) is 0 Å². The summed E-state index contributed by atoms with van der Waals surface area (Å²) in [6, 6.07) is 5.55. The normalized spacial score (nSPS) is 19.8. The highest BCUT2D eigenvalue weighted by Gasteiger charge is 2.18. The van der Waals surface area contributed by atoms with Crippen LogP contribution in [0, 0.1) is 0 Å². The summed E-state index contributed by atoms with van der Waals surface area (Å²) in [4.78, 5) is 0. The van der Waals surface area contributed by atoms with Crippen molar-refractivity contribution in [2.45, 2.75) is 19.1 Å². The Labute approximate surface area is 99.8 Å². The third-order valence-corrected chi connectivity index (χ3v) is 3.72. The van der Waals surface area contributed by atoms with Crippen LogP contribution in [0.4, 0.5) is 0 Å². The number of rotatable bonds is 4. The fourth-order valence-electron chi connectivity index (χ4n) is 1.69. The predicted octanol–water partition coefficient (Wildman–Crippen LogP) is 2.07. The molecule has 1 aromatic carbocycles. The van der Waals surface area contributed by atoms with Crippen molar-refractivity contribution in [1.29, 1.82) is 0 Å². The summed E-state index contributed by atoms with van der Waals surface area (Å²) in [5.41, 5.74) is 0.838. The Kier molecular flexibility index (Phi) is 3.96. The van der Waals surface area contributed by atoms with Crippen LogP contribution >= 0.6 is 11.8 Å². The Bertz CT molecular complexity index is 348. The van der Waals surface area contributed by atoms with E-state index in [1.54, 1.807) is 7.11 Å². The Balaban J connectivity index is 2.12. The summed E-state index contributed by atoms with van der Waals surface area (Å²) in [6.07, 6.45) is 1.38. The van der Waals surface area contributed by atoms with E-state index in [0.29, 0.717) is 11.9 Å². The molecule has 1 aliphatic rings. The van der Waals surface area contributed by atoms with Gasteiger partial charge in [-0.1, -0.05) is 6.07 Å². The van der Waals surface area contributed by atoms with Gasteiger partial charge < -0.3 is 14.6 Å². The fraction of sp³-hybridized carbons (Fsp3) is 0.500. The van der Waals surface area contributed by atoms with Crippen LogP contribution in [-0.4, -0.2) is 29.8 Å². The topological polar surface area (TPSA) is 38.7 Å². The van der Waals surface area contributed by atoms with Crippen LogP contribution < -0.4 is 9.47 Å². The molecule has 1 unspecified atom stereocenters. The minimum absolute atomic E-state index is 0.0237. The van der Waals surface area contributed by atoms with Gasteiger partial charge in [0.15, 0.2) is 11.5 Å². The van der Waals surface area contributed by atoms with E-state index in [-0.39, 0.29) is 6.61 Å². The summed E-state index contributed by atoms with van der Waals surface area (Å²) in [5.74, 6) is 3.68. The molecule has 1 saturated heterocycles. The first-order valence-electron chi connectivity index (χ1n) is 5.35. The van der Waals surface area contributed by atoms with E-state index in [9.17, 15) is 0 Å². The van der Waals surface area contributed by atoms with Gasteiger partial charge in [-0.3, -0.25) is 0 Å². The van der Waals surface area contributed by atoms with E-state index in [0.717, 1.165) is 23.5 Å². The lowest BCUT2D eigenvalue weighted by Gasteiger charge is -2.15. The molecule has 88 valence electrons. The third kappa shape index (κ3) is 2.62. The second-order valence-corrected chi connectivity index (χ2v) is 4.90. The number of thioether (sulfide) groups is 1. The Morgan fingerprint density at radius 3 is 2.94 bits per heavy atom. The maximum atomic E-state index is 9.03. The molecule has 0 bridgehead atoms. The quantitative estimate of drug-likeness (QED) is 0.874. The van der Waals surface area contributed by atoms with E-state index >= 15 is 0 Å². The van der Waals surface area contributed by atoms with Gasteiger partial charge in [0.05, 0.1) is 13.7 Å². The van der Waals surface area contributed by atoms with E-state index in [2.05, 4.69) is 0 Å². The van der Waals surface area contributed by atoms with Crippen molar-refractivity contribution in [3.63, 3.8) is 0 Å². The third-order valence-electron chi connectivity index (χ3n) is 2.59. The van der Waals surface area contributed by atoms with Gasteiger partial charge in [0.25, 0.3) is 0 Å². The van der Waals surface area contributed by atoms with Gasteiger partial charge in [-0.2, -0.15) is 11.8 Å². The molecule has 0 amide bonds. The number of hydrogen-bond acceptors (Lipinski definition) is 4. The monoisotopic (exact) mass is 240 g/mol. The number of methoxy groups -OCH3 is 1. The average Bonchev–Trinajstić information content (AvgIpc) is 2.82. The van der Waals surface area contributed by atoms with Crippen molar-refractivity contribution in [2.75, 3.05) is 18.6 Å². The molecule has 1 fully saturated rings. The summed E-state index contributed by atoms with van der Waals surface area (Å²) in [6.45, 7) is 0.0237. The highest BCUT2D eigenvalue weighted by molar-refractivity contribution is 7.99. The van der Waals surface area contributed by atoms with Crippen molar-refractivity contribution < 1.29 is 14.6 Å². The van der Waals surface area contributed by atoms with Crippen molar-refractivity contribution in [3.8, 4) is 11.5 Å². The molecule has 2 rings (SSSR count). The number of aliphatic hydroxyl groups excluding tert-OH is 1. The SMILES string of the molecule is COc1cc(CO)ccc1OC1CCSC1. The second kappa shape index (κ2) is 5.46. The summed E-state index contributed by atoms with van der Waals surface area (Å²) < 4.78 is 11.1. The average molecular weight is 240 g/mol. The molecule has 1 atom stereocenters. The lowest BCUT2D eigenvalue weighted by molar-refractivity contribution is 0.218. The number of benzene rings is 1. The van der Waals surface area contributed by atoms with E-state index in [1.807, 2.05) is 30.0 Å². The summed E-state index contributed by atoms with van der Waals surface area (Å²) >= 11 is 1.92. The predicted molar refractivity (Wildman–Crippen MR) is 65.3 cm³/mol. The highest BCUT2D eigenvalue weighted by atomic mass is 32.2. The zero-order chi connectivity index (χ0) is 11.4. The molecule has 4 heteroatoms. The lowest BCUT2D eigenvalue weighted by atomic mass is 10.2. The van der Waals surface area contributed by atoms with Gasteiger partial charge in [-0.05, 0) is 29.9 Å². The first kappa shape index (κ1) is 11.6. The van der Waals surface area contributed by atoms with Crippen LogP contribution in [0.1, 0.15) is 12.0 Å². The summed E-state index contributed by atoms with van der Waals surface area (Å²) in [7, 11) is 1.62. The molecule has 1 heterocycles. The zero-order valence-corrected chi connectivity index (χ0v) is 10.1. The Morgan fingerprint density at radius 2 is 2.31 bits per heavy atom. The maximum Gasteiger partial charge on any atom is 0.161 e. The molecular weight excluding hydrogens is 224 g/mol. The molecule has 3 nitrogen and oxygen atoms in total. The van der Waals surface area contributed by atoms with E-state index in [4.69, 9.17) is 14.6 Å². The molecule has 16 heavy (non-hydrogen) atoms. The lowest BCUT2D eigenvalue weighted by Crippen LogP contribution is -2.15. The molecule has 1 aromatic rings. The van der Waals surface area contributed by atoms with Crippen LogP contribution in [0.5, 0.6) is 11.5 Å². The number of hydrogen-bond donors (Lipinski definition) is 1. The standard InChI is InChI=1S/C12H16O3S/c1-14-12-6-9(7-13)2-3-11(12)15-10-4-5-16-8-10/h2-3,6,10,13H,4-5,7-8H2,1H3. The zero-order valence-electron chi connectivity index (χ0n) is 9.31. The van der Waals surface area contributed by atoms with Crippen LogP contribution in [0.3, 0.4) is 0 Å². The number of ether oxygens (including phenoxy) is 2. The molecule has 0 spiro atoms. The van der Waals surface area contributed by atoms with Crippen LogP contribution in [0.2, 0.25) is 0 Å². The molecular formula is C12H16O3S. The minimum Gasteiger partial charge on any atom is -0.493 e. The van der Waals surface area contributed by atoms with Gasteiger partial charge in [-0.15, -0.1) is 0 Å². The molecule has 0 radical (unpaired) electrons. The molecule has 0 aliphatic carbocycles. The van der Waals surface area contributed by atoms with Crippen molar-refractivity contribution >= 4 is 11.8 Å². The van der Waals surface area contributed by atoms with Gasteiger partial charge in [0.2, 0.25) is 0 Å². The summed E-state index contributed by atoms with van der Waals surface area (Å²) in [5, 5.41) is 9.03. The Hall–Kier alpha value is -0.870. The molecule has 0 saturated carbocycles. The van der Waals surface area contributed by atoms with Crippen LogP contribution in [0.15, 0.2) is 18.2 Å². The molecule has 0 aromatic heterocycles. The highest BCUT2D eigenvalue weighted by Crippen LogP contribution is 2.31. The van der Waals surface area contributed by atoms with E-state index < -0.39 is 0 Å². The fourth-order valence-corrected chi connectivity index (χ4v) is 2.79. The van der Waals surface area contributed by atoms with Crippen LogP contribution in [-0.2, 0) is 6.61 Å². The number of aliphatic hydroxyl groups is 1. The minimum atomic E-state index is 0.0237. The van der Waals surface area contributed by atoms with E-state index in [1.165, 1.54) is 5.75 Å². The first-order chi connectivity index (χ1) is 7.83.